The number of hydrogen-bond donors (Lipinski definition) is 0. The second kappa shape index (κ2) is 9.06. The molecule has 0 aliphatic heterocycles. The Morgan fingerprint density at radius 3 is 2.29 bits per heavy atom. The zero-order valence-electron chi connectivity index (χ0n) is 18.4. The highest BCUT2D eigenvalue weighted by molar-refractivity contribution is 7.91. The van der Waals surface area contributed by atoms with Gasteiger partial charge in [-0.15, -0.1) is 0 Å². The average molecular weight is 487 g/mol. The lowest BCUT2D eigenvalue weighted by Crippen LogP contribution is -2.11. The SMILES string of the molecule is CC(C)CS(=O)(=O)c1cccc(Oc2cccc(-c3ncnc4c(C(F)(F)F)cccc34)c2)c1. The standard InChI is InChI=1S/C25H21F3N2O3S/c1-16(2)14-34(31,32)20-9-4-8-19(13-20)33-18-7-3-6-17(12-18)23-21-10-5-11-22(25(26,27)28)24(21)30-15-29-23/h3-13,15-16H,14H2,1-2H3. The molecular formula is C25H21F3N2O3S. The van der Waals surface area contributed by atoms with E-state index in [1.807, 2.05) is 13.8 Å². The molecule has 176 valence electrons. The van der Waals surface area contributed by atoms with Gasteiger partial charge in [0, 0.05) is 10.9 Å². The van der Waals surface area contributed by atoms with Crippen molar-refractivity contribution in [3.63, 3.8) is 0 Å². The number of aromatic nitrogens is 2. The minimum absolute atomic E-state index is 0.0205. The monoisotopic (exact) mass is 486 g/mol. The third-order valence-corrected chi connectivity index (χ3v) is 7.11. The van der Waals surface area contributed by atoms with Crippen molar-refractivity contribution in [2.24, 2.45) is 5.92 Å². The summed E-state index contributed by atoms with van der Waals surface area (Å²) < 4.78 is 71.3. The Labute approximate surface area is 195 Å². The Balaban J connectivity index is 1.70. The van der Waals surface area contributed by atoms with Crippen molar-refractivity contribution in [3.05, 3.63) is 78.6 Å². The fourth-order valence-corrected chi connectivity index (χ4v) is 5.31. The maximum Gasteiger partial charge on any atom is 0.418 e. The predicted molar refractivity (Wildman–Crippen MR) is 123 cm³/mol. The quantitative estimate of drug-likeness (QED) is 0.310. The summed E-state index contributed by atoms with van der Waals surface area (Å²) in [5, 5.41) is 0.260. The molecular weight excluding hydrogens is 465 g/mol. The third-order valence-electron chi connectivity index (χ3n) is 5.03. The van der Waals surface area contributed by atoms with E-state index in [1.54, 1.807) is 36.4 Å². The number of hydrogen-bond acceptors (Lipinski definition) is 5. The summed E-state index contributed by atoms with van der Waals surface area (Å²) >= 11 is 0. The predicted octanol–water partition coefficient (Wildman–Crippen LogP) is 6.54. The van der Waals surface area contributed by atoms with Crippen LogP contribution in [0.5, 0.6) is 11.5 Å². The van der Waals surface area contributed by atoms with Crippen LogP contribution in [0.25, 0.3) is 22.2 Å². The molecule has 0 unspecified atom stereocenters. The number of benzene rings is 3. The van der Waals surface area contributed by atoms with Crippen LogP contribution in [0.2, 0.25) is 0 Å². The van der Waals surface area contributed by atoms with Crippen molar-refractivity contribution in [2.45, 2.75) is 24.9 Å². The summed E-state index contributed by atoms with van der Waals surface area (Å²) in [5.41, 5.74) is -0.155. The van der Waals surface area contributed by atoms with Crippen LogP contribution in [0.1, 0.15) is 19.4 Å². The highest BCUT2D eigenvalue weighted by Crippen LogP contribution is 2.37. The Bertz CT molecular complexity index is 1450. The Morgan fingerprint density at radius 2 is 1.59 bits per heavy atom. The number of alkyl halides is 3. The third kappa shape index (κ3) is 5.04. The number of sulfone groups is 1. The summed E-state index contributed by atoms with van der Waals surface area (Å²) in [5.74, 6) is 0.711. The number of nitrogens with zero attached hydrogens (tertiary/aromatic N) is 2. The van der Waals surface area contributed by atoms with Crippen LogP contribution in [-0.4, -0.2) is 24.1 Å². The van der Waals surface area contributed by atoms with E-state index in [-0.39, 0.29) is 27.5 Å². The van der Waals surface area contributed by atoms with Crippen molar-refractivity contribution in [3.8, 4) is 22.8 Å². The van der Waals surface area contributed by atoms with E-state index in [0.29, 0.717) is 22.8 Å². The van der Waals surface area contributed by atoms with Gasteiger partial charge in [-0.05, 0) is 42.3 Å². The van der Waals surface area contributed by atoms with Gasteiger partial charge in [0.2, 0.25) is 0 Å². The molecule has 1 aromatic heterocycles. The first kappa shape index (κ1) is 23.7. The minimum Gasteiger partial charge on any atom is -0.457 e. The lowest BCUT2D eigenvalue weighted by Gasteiger charge is -2.13. The fraction of sp³-hybridized carbons (Fsp3) is 0.200. The van der Waals surface area contributed by atoms with Gasteiger partial charge < -0.3 is 4.74 Å². The molecule has 0 bridgehead atoms. The van der Waals surface area contributed by atoms with Crippen LogP contribution < -0.4 is 4.74 Å². The van der Waals surface area contributed by atoms with Crippen LogP contribution in [0.4, 0.5) is 13.2 Å². The second-order valence-electron chi connectivity index (χ2n) is 8.20. The molecule has 9 heteroatoms. The smallest absolute Gasteiger partial charge is 0.418 e. The molecule has 4 rings (SSSR count). The first-order valence-electron chi connectivity index (χ1n) is 10.5. The van der Waals surface area contributed by atoms with Gasteiger partial charge in [0.25, 0.3) is 0 Å². The van der Waals surface area contributed by atoms with E-state index in [4.69, 9.17) is 4.74 Å². The zero-order valence-corrected chi connectivity index (χ0v) is 19.2. The zero-order chi connectivity index (χ0) is 24.5. The highest BCUT2D eigenvalue weighted by Gasteiger charge is 2.33. The van der Waals surface area contributed by atoms with E-state index >= 15 is 0 Å². The minimum atomic E-state index is -4.54. The van der Waals surface area contributed by atoms with Crippen molar-refractivity contribution < 1.29 is 26.3 Å². The summed E-state index contributed by atoms with van der Waals surface area (Å²) in [4.78, 5) is 8.23. The molecule has 0 atom stereocenters. The van der Waals surface area contributed by atoms with Crippen molar-refractivity contribution in [1.29, 1.82) is 0 Å². The molecule has 0 aliphatic rings. The maximum atomic E-state index is 13.4. The van der Waals surface area contributed by atoms with Crippen molar-refractivity contribution >= 4 is 20.7 Å². The van der Waals surface area contributed by atoms with Gasteiger partial charge in [-0.3, -0.25) is 0 Å². The van der Waals surface area contributed by atoms with E-state index < -0.39 is 21.6 Å². The number of rotatable bonds is 6. The summed E-state index contributed by atoms with van der Waals surface area (Å²) in [6.07, 6.45) is -3.44. The van der Waals surface area contributed by atoms with E-state index in [0.717, 1.165) is 12.4 Å². The number of halogens is 3. The van der Waals surface area contributed by atoms with Gasteiger partial charge in [0.05, 0.1) is 27.4 Å². The van der Waals surface area contributed by atoms with E-state index in [9.17, 15) is 21.6 Å². The molecule has 5 nitrogen and oxygen atoms in total. The Kier molecular flexibility index (Phi) is 6.31. The summed E-state index contributed by atoms with van der Waals surface area (Å²) in [6.45, 7) is 3.66. The van der Waals surface area contributed by atoms with E-state index in [1.165, 1.54) is 24.3 Å². The van der Waals surface area contributed by atoms with Gasteiger partial charge in [-0.1, -0.05) is 44.2 Å². The van der Waals surface area contributed by atoms with Gasteiger partial charge in [0.1, 0.15) is 17.8 Å². The van der Waals surface area contributed by atoms with Gasteiger partial charge >= 0.3 is 6.18 Å². The molecule has 0 radical (unpaired) electrons. The molecule has 4 aromatic rings. The van der Waals surface area contributed by atoms with Gasteiger partial charge in [-0.2, -0.15) is 13.2 Å². The van der Waals surface area contributed by atoms with Crippen LogP contribution in [-0.2, 0) is 16.0 Å². The number of fused-ring (bicyclic) bond motifs is 1. The summed E-state index contributed by atoms with van der Waals surface area (Å²) in [7, 11) is -3.45. The highest BCUT2D eigenvalue weighted by atomic mass is 32.2. The van der Waals surface area contributed by atoms with Crippen LogP contribution in [0, 0.1) is 5.92 Å². The van der Waals surface area contributed by atoms with E-state index in [2.05, 4.69) is 9.97 Å². The first-order valence-corrected chi connectivity index (χ1v) is 12.1. The molecule has 34 heavy (non-hydrogen) atoms. The van der Waals surface area contributed by atoms with Gasteiger partial charge in [-0.25, -0.2) is 18.4 Å². The second-order valence-corrected chi connectivity index (χ2v) is 10.2. The molecule has 0 saturated carbocycles. The Morgan fingerprint density at radius 1 is 0.912 bits per heavy atom. The molecule has 0 fully saturated rings. The maximum absolute atomic E-state index is 13.4. The van der Waals surface area contributed by atoms with Crippen LogP contribution in [0.3, 0.4) is 0 Å². The molecule has 0 spiro atoms. The fourth-order valence-electron chi connectivity index (χ4n) is 3.66. The summed E-state index contributed by atoms with van der Waals surface area (Å²) in [6, 6.07) is 16.8. The molecule has 3 aromatic carbocycles. The Hall–Kier alpha value is -3.46. The topological polar surface area (TPSA) is 69.2 Å². The molecule has 0 N–H and O–H groups in total. The lowest BCUT2D eigenvalue weighted by atomic mass is 10.0. The number of ether oxygens (including phenoxy) is 1. The normalized spacial score (nSPS) is 12.3. The first-order chi connectivity index (χ1) is 16.0. The molecule has 0 aliphatic carbocycles. The average Bonchev–Trinajstić information content (AvgIpc) is 2.77. The molecule has 1 heterocycles. The van der Waals surface area contributed by atoms with Crippen molar-refractivity contribution in [2.75, 3.05) is 5.75 Å². The number of para-hydroxylation sites is 1. The van der Waals surface area contributed by atoms with Gasteiger partial charge in [0.15, 0.2) is 9.84 Å². The van der Waals surface area contributed by atoms with Crippen LogP contribution >= 0.6 is 0 Å². The molecule has 0 amide bonds. The van der Waals surface area contributed by atoms with Crippen molar-refractivity contribution in [1.82, 2.24) is 9.97 Å². The molecule has 0 saturated heterocycles. The van der Waals surface area contributed by atoms with Crippen LogP contribution in [0.15, 0.2) is 78.0 Å². The lowest BCUT2D eigenvalue weighted by molar-refractivity contribution is -0.136. The largest absolute Gasteiger partial charge is 0.457 e.